The van der Waals surface area contributed by atoms with Crippen molar-refractivity contribution < 1.29 is 9.37 Å². The molecule has 0 saturated heterocycles. The molecular weight excluding hydrogens is 310 g/mol. The summed E-state index contributed by atoms with van der Waals surface area (Å²) in [6.45, 7) is 1.97. The Kier molecular flexibility index (Phi) is 2.87. The second-order valence-electron chi connectivity index (χ2n) is 4.13. The van der Waals surface area contributed by atoms with Gasteiger partial charge in [0.2, 0.25) is 0 Å². The van der Waals surface area contributed by atoms with Gasteiger partial charge in [0.05, 0.1) is 5.69 Å². The highest BCUT2D eigenvalue weighted by Gasteiger charge is 2.12. The van der Waals surface area contributed by atoms with Crippen LogP contribution in [-0.2, 0) is 0 Å². The third-order valence-electron chi connectivity index (χ3n) is 2.77. The van der Waals surface area contributed by atoms with Crippen LogP contribution >= 0.6 is 15.9 Å². The first-order valence-electron chi connectivity index (χ1n) is 5.60. The van der Waals surface area contributed by atoms with Crippen LogP contribution in [0.15, 0.2) is 39.4 Å². The van der Waals surface area contributed by atoms with E-state index in [0.717, 1.165) is 15.8 Å². The minimum Gasteiger partial charge on any atom is -0.455 e. The maximum atomic E-state index is 5.85. The zero-order valence-electron chi connectivity index (χ0n) is 10.1. The summed E-state index contributed by atoms with van der Waals surface area (Å²) in [5.74, 6) is 1.31. The van der Waals surface area contributed by atoms with Crippen molar-refractivity contribution in [1.82, 2.24) is 10.3 Å². The highest BCUT2D eigenvalue weighted by molar-refractivity contribution is 9.10. The topological polar surface area (TPSA) is 74.2 Å². The van der Waals surface area contributed by atoms with Crippen molar-refractivity contribution in [2.24, 2.45) is 0 Å². The number of aromatic nitrogens is 2. The summed E-state index contributed by atoms with van der Waals surface area (Å²) in [5.41, 5.74) is 8.33. The molecule has 2 aromatic carbocycles. The molecule has 0 amide bonds. The Morgan fingerprint density at radius 3 is 2.63 bits per heavy atom. The van der Waals surface area contributed by atoms with Gasteiger partial charge in [-0.25, -0.2) is 4.63 Å². The number of aryl methyl sites for hydroxylation is 1. The van der Waals surface area contributed by atoms with Gasteiger partial charge in [-0.15, -0.1) is 0 Å². The second-order valence-corrected chi connectivity index (χ2v) is 5.04. The lowest BCUT2D eigenvalue weighted by atomic mass is 10.2. The van der Waals surface area contributed by atoms with Crippen molar-refractivity contribution in [2.45, 2.75) is 6.92 Å². The van der Waals surface area contributed by atoms with Gasteiger partial charge < -0.3 is 10.5 Å². The monoisotopic (exact) mass is 319 g/mol. The summed E-state index contributed by atoms with van der Waals surface area (Å²) in [6.07, 6.45) is 0. The molecule has 96 valence electrons. The molecule has 0 unspecified atom stereocenters. The number of hydrogen-bond acceptors (Lipinski definition) is 5. The fourth-order valence-corrected chi connectivity index (χ4v) is 2.27. The molecule has 1 heterocycles. The second kappa shape index (κ2) is 4.55. The number of nitrogens with zero attached hydrogens (tertiary/aromatic N) is 2. The molecule has 3 rings (SSSR count). The molecule has 1 aromatic heterocycles. The molecule has 0 aliphatic heterocycles. The van der Waals surface area contributed by atoms with Crippen LogP contribution in [0, 0.1) is 6.92 Å². The predicted molar refractivity (Wildman–Crippen MR) is 75.2 cm³/mol. The summed E-state index contributed by atoms with van der Waals surface area (Å²) in [5, 5.41) is 7.58. The Bertz CT molecular complexity index is 755. The smallest absolute Gasteiger partial charge is 0.179 e. The fourth-order valence-electron chi connectivity index (χ4n) is 1.79. The van der Waals surface area contributed by atoms with Crippen LogP contribution in [0.1, 0.15) is 5.56 Å². The van der Waals surface area contributed by atoms with E-state index in [9.17, 15) is 0 Å². The van der Waals surface area contributed by atoms with Gasteiger partial charge in [-0.05, 0) is 53.1 Å². The highest BCUT2D eigenvalue weighted by Crippen LogP contribution is 2.33. The molecule has 3 aromatic rings. The van der Waals surface area contributed by atoms with Gasteiger partial charge in [-0.3, -0.25) is 0 Å². The van der Waals surface area contributed by atoms with E-state index in [1.807, 2.05) is 25.1 Å². The van der Waals surface area contributed by atoms with E-state index in [4.69, 9.17) is 15.1 Å². The summed E-state index contributed by atoms with van der Waals surface area (Å²) in [7, 11) is 0. The normalized spacial score (nSPS) is 10.8. The van der Waals surface area contributed by atoms with E-state index in [1.54, 1.807) is 12.1 Å². The van der Waals surface area contributed by atoms with Crippen LogP contribution in [0.2, 0.25) is 0 Å². The van der Waals surface area contributed by atoms with E-state index in [-0.39, 0.29) is 0 Å². The van der Waals surface area contributed by atoms with E-state index < -0.39 is 0 Å². The van der Waals surface area contributed by atoms with Gasteiger partial charge in [0.1, 0.15) is 5.75 Å². The van der Waals surface area contributed by atoms with Gasteiger partial charge in [-0.2, -0.15) is 0 Å². The molecule has 0 spiro atoms. The Hall–Kier alpha value is -2.08. The molecule has 6 heteroatoms. The Labute approximate surface area is 117 Å². The van der Waals surface area contributed by atoms with Crippen LogP contribution in [0.5, 0.6) is 11.5 Å². The maximum absolute atomic E-state index is 5.85. The van der Waals surface area contributed by atoms with Gasteiger partial charge in [0, 0.05) is 4.47 Å². The molecule has 0 aliphatic rings. The lowest BCUT2D eigenvalue weighted by Gasteiger charge is -2.09. The zero-order chi connectivity index (χ0) is 13.4. The Morgan fingerprint density at radius 2 is 1.84 bits per heavy atom. The molecular formula is C13H10BrN3O2. The number of hydrogen-bond donors (Lipinski definition) is 1. The first-order chi connectivity index (χ1) is 9.15. The number of nitrogen functional groups attached to an aromatic ring is 1. The largest absolute Gasteiger partial charge is 0.455 e. The molecule has 0 saturated carbocycles. The van der Waals surface area contributed by atoms with Crippen LogP contribution in [0.25, 0.3) is 11.0 Å². The highest BCUT2D eigenvalue weighted by atomic mass is 79.9. The average molecular weight is 320 g/mol. The van der Waals surface area contributed by atoms with Crippen molar-refractivity contribution in [3.63, 3.8) is 0 Å². The first kappa shape index (κ1) is 12.0. The summed E-state index contributed by atoms with van der Waals surface area (Å²) in [4.78, 5) is 0. The lowest BCUT2D eigenvalue weighted by Crippen LogP contribution is -1.91. The number of nitrogens with two attached hydrogens (primary N) is 1. The van der Waals surface area contributed by atoms with Gasteiger partial charge in [-0.1, -0.05) is 15.9 Å². The van der Waals surface area contributed by atoms with Gasteiger partial charge in [0.15, 0.2) is 16.8 Å². The lowest BCUT2D eigenvalue weighted by molar-refractivity contribution is 0.314. The molecule has 5 nitrogen and oxygen atoms in total. The van der Waals surface area contributed by atoms with E-state index in [2.05, 4.69) is 26.2 Å². The third kappa shape index (κ3) is 2.15. The minimum atomic E-state index is 0.507. The zero-order valence-corrected chi connectivity index (χ0v) is 11.6. The van der Waals surface area contributed by atoms with E-state index in [0.29, 0.717) is 22.5 Å². The van der Waals surface area contributed by atoms with Crippen LogP contribution < -0.4 is 10.5 Å². The van der Waals surface area contributed by atoms with E-state index >= 15 is 0 Å². The maximum Gasteiger partial charge on any atom is 0.179 e. The van der Waals surface area contributed by atoms with Crippen LogP contribution in [0.3, 0.4) is 0 Å². The third-order valence-corrected chi connectivity index (χ3v) is 3.26. The van der Waals surface area contributed by atoms with Crippen molar-refractivity contribution in [3.8, 4) is 11.5 Å². The van der Waals surface area contributed by atoms with E-state index in [1.165, 1.54) is 0 Å². The standard InChI is InChI=1S/C13H10BrN3O2/c1-7-6-8(14)2-4-10(7)18-11-5-3-9(15)12-13(11)17-19-16-12/h2-6H,15H2,1H3. The van der Waals surface area contributed by atoms with Crippen LogP contribution in [-0.4, -0.2) is 10.3 Å². The number of rotatable bonds is 2. The van der Waals surface area contributed by atoms with Gasteiger partial charge >= 0.3 is 0 Å². The molecule has 2 N–H and O–H groups in total. The summed E-state index contributed by atoms with van der Waals surface area (Å²) in [6, 6.07) is 9.25. The number of ether oxygens (including phenoxy) is 1. The average Bonchev–Trinajstić information content (AvgIpc) is 2.86. The first-order valence-corrected chi connectivity index (χ1v) is 6.39. The minimum absolute atomic E-state index is 0.507. The fraction of sp³-hybridized carbons (Fsp3) is 0.0769. The van der Waals surface area contributed by atoms with Crippen molar-refractivity contribution in [2.75, 3.05) is 5.73 Å². The molecule has 0 fully saturated rings. The molecule has 19 heavy (non-hydrogen) atoms. The molecule has 0 aliphatic carbocycles. The Balaban J connectivity index is 2.06. The summed E-state index contributed by atoms with van der Waals surface area (Å²) >= 11 is 3.42. The number of halogens is 1. The van der Waals surface area contributed by atoms with Crippen molar-refractivity contribution in [3.05, 3.63) is 40.4 Å². The molecule has 0 atom stereocenters. The SMILES string of the molecule is Cc1cc(Br)ccc1Oc1ccc(N)c2nonc12. The van der Waals surface area contributed by atoms with Gasteiger partial charge in [0.25, 0.3) is 0 Å². The predicted octanol–water partition coefficient (Wildman–Crippen LogP) is 3.67. The van der Waals surface area contributed by atoms with Crippen molar-refractivity contribution in [1.29, 1.82) is 0 Å². The van der Waals surface area contributed by atoms with Crippen molar-refractivity contribution >= 4 is 32.7 Å². The quantitative estimate of drug-likeness (QED) is 0.729. The molecule has 0 radical (unpaired) electrons. The number of anilines is 1. The number of fused-ring (bicyclic) bond motifs is 1. The number of benzene rings is 2. The van der Waals surface area contributed by atoms with Crippen LogP contribution in [0.4, 0.5) is 5.69 Å². The molecule has 0 bridgehead atoms. The Morgan fingerprint density at radius 1 is 1.11 bits per heavy atom. The summed E-state index contributed by atoms with van der Waals surface area (Å²) < 4.78 is 11.6.